The summed E-state index contributed by atoms with van der Waals surface area (Å²) in [5, 5.41) is 10.0. The van der Waals surface area contributed by atoms with Crippen molar-refractivity contribution in [3.05, 3.63) is 23.8 Å². The molecule has 190 valence electrons. The Morgan fingerprint density at radius 3 is 1.94 bits per heavy atom. The smallest absolute Gasteiger partial charge is 0.477 e. The molecule has 0 bridgehead atoms. The summed E-state index contributed by atoms with van der Waals surface area (Å²) in [5.41, 5.74) is 4.09. The van der Waals surface area contributed by atoms with Crippen LogP contribution in [-0.4, -0.2) is 49.3 Å². The summed E-state index contributed by atoms with van der Waals surface area (Å²) >= 11 is 0. The highest BCUT2D eigenvalue weighted by atomic mass is 16.7. The van der Waals surface area contributed by atoms with Crippen LogP contribution in [0.2, 0.25) is 0 Å². The molecule has 1 rings (SSSR count). The number of carboxylic acid groups (broad SMARTS) is 1. The molecule has 0 amide bonds. The van der Waals surface area contributed by atoms with Crippen LogP contribution in [0.5, 0.6) is 11.5 Å². The van der Waals surface area contributed by atoms with E-state index in [-0.39, 0.29) is 23.0 Å². The molecule has 0 spiro atoms. The van der Waals surface area contributed by atoms with Crippen molar-refractivity contribution < 1.29 is 48.0 Å². The summed E-state index contributed by atoms with van der Waals surface area (Å²) in [5.74, 6) is -4.93. The van der Waals surface area contributed by atoms with Gasteiger partial charge in [0, 0.05) is 0 Å². The van der Waals surface area contributed by atoms with Crippen molar-refractivity contribution in [1.82, 2.24) is 0 Å². The van der Waals surface area contributed by atoms with E-state index in [0.717, 1.165) is 14.2 Å². The van der Waals surface area contributed by atoms with Crippen molar-refractivity contribution in [3.8, 4) is 11.5 Å². The number of methoxy groups -OCH3 is 2. The molecule has 1 aromatic carbocycles. The summed E-state index contributed by atoms with van der Waals surface area (Å²) in [7, 11) is 2.18. The Bertz CT molecular complexity index is 900. The van der Waals surface area contributed by atoms with Gasteiger partial charge >= 0.3 is 24.2 Å². The third-order valence-corrected chi connectivity index (χ3v) is 5.70. The predicted molar refractivity (Wildman–Crippen MR) is 119 cm³/mol. The molecule has 1 aromatic rings. The monoisotopic (exact) mass is 483 g/mol. The zero-order valence-electron chi connectivity index (χ0n) is 20.4. The Balaban J connectivity index is 3.64. The van der Waals surface area contributed by atoms with Crippen LogP contribution in [0.25, 0.3) is 0 Å². The minimum Gasteiger partial charge on any atom is -0.477 e. The summed E-state index contributed by atoms with van der Waals surface area (Å²) in [4.78, 5) is 48.4. The molecule has 0 radical (unpaired) electrons. The van der Waals surface area contributed by atoms with E-state index in [4.69, 9.17) is 19.9 Å². The SMILES string of the molecule is CC[C@H](C)C(c1ccc(OC(=O)OC)c(OC(=O)OC)c1)[C@](N)(OC(=O)[C@@H](C)C(C)C)C(=O)O. The summed E-state index contributed by atoms with van der Waals surface area (Å²) in [6.45, 7) is 8.78. The zero-order valence-corrected chi connectivity index (χ0v) is 20.4. The van der Waals surface area contributed by atoms with Gasteiger partial charge in [-0.2, -0.15) is 0 Å². The number of hydrogen-bond acceptors (Lipinski definition) is 10. The molecule has 11 heteroatoms. The molecular formula is C23H33NO10. The summed E-state index contributed by atoms with van der Waals surface area (Å²) in [6, 6.07) is 3.99. The van der Waals surface area contributed by atoms with Crippen LogP contribution in [-0.2, 0) is 23.8 Å². The third-order valence-electron chi connectivity index (χ3n) is 5.70. The van der Waals surface area contributed by atoms with Gasteiger partial charge in [-0.3, -0.25) is 10.5 Å². The van der Waals surface area contributed by atoms with Gasteiger partial charge in [0.15, 0.2) is 11.5 Å². The molecule has 3 N–H and O–H groups in total. The Kier molecular flexibility index (Phi) is 10.3. The van der Waals surface area contributed by atoms with Crippen LogP contribution in [0.15, 0.2) is 18.2 Å². The van der Waals surface area contributed by atoms with Gasteiger partial charge in [0.1, 0.15) is 0 Å². The highest BCUT2D eigenvalue weighted by Crippen LogP contribution is 2.41. The van der Waals surface area contributed by atoms with Gasteiger partial charge < -0.3 is 28.8 Å². The van der Waals surface area contributed by atoms with Crippen LogP contribution in [0.1, 0.15) is 52.5 Å². The fourth-order valence-electron chi connectivity index (χ4n) is 3.15. The first-order chi connectivity index (χ1) is 15.8. The maximum atomic E-state index is 12.7. The van der Waals surface area contributed by atoms with E-state index in [1.165, 1.54) is 18.2 Å². The first kappa shape index (κ1) is 28.7. The van der Waals surface area contributed by atoms with Crippen LogP contribution < -0.4 is 15.2 Å². The lowest BCUT2D eigenvalue weighted by atomic mass is 9.77. The van der Waals surface area contributed by atoms with Gasteiger partial charge in [0.2, 0.25) is 0 Å². The van der Waals surface area contributed by atoms with Gasteiger partial charge in [0.05, 0.1) is 26.1 Å². The van der Waals surface area contributed by atoms with Crippen molar-refractivity contribution in [2.75, 3.05) is 14.2 Å². The highest BCUT2D eigenvalue weighted by Gasteiger charge is 2.50. The first-order valence-electron chi connectivity index (χ1n) is 10.7. The van der Waals surface area contributed by atoms with Gasteiger partial charge in [-0.05, 0) is 29.5 Å². The topological polar surface area (TPSA) is 161 Å². The third kappa shape index (κ3) is 6.83. The van der Waals surface area contributed by atoms with E-state index in [2.05, 4.69) is 9.47 Å². The van der Waals surface area contributed by atoms with E-state index < -0.39 is 47.7 Å². The molecule has 0 aliphatic rings. The number of carbonyl (C=O) groups excluding carboxylic acids is 3. The lowest BCUT2D eigenvalue weighted by Gasteiger charge is -2.37. The number of esters is 1. The molecule has 1 unspecified atom stereocenters. The predicted octanol–water partition coefficient (Wildman–Crippen LogP) is 3.68. The minimum absolute atomic E-state index is 0.109. The molecule has 0 saturated carbocycles. The average Bonchev–Trinajstić information content (AvgIpc) is 2.79. The lowest BCUT2D eigenvalue weighted by molar-refractivity contribution is -0.186. The summed E-state index contributed by atoms with van der Waals surface area (Å²) in [6.07, 6.45) is -1.71. The van der Waals surface area contributed by atoms with Crippen LogP contribution >= 0.6 is 0 Å². The molecule has 0 aliphatic carbocycles. The zero-order chi connectivity index (χ0) is 26.2. The normalized spacial score (nSPS) is 15.3. The van der Waals surface area contributed by atoms with Gasteiger partial charge in [-0.1, -0.05) is 47.1 Å². The Morgan fingerprint density at radius 1 is 0.971 bits per heavy atom. The number of benzene rings is 1. The van der Waals surface area contributed by atoms with Crippen molar-refractivity contribution >= 4 is 24.2 Å². The Morgan fingerprint density at radius 2 is 1.50 bits per heavy atom. The van der Waals surface area contributed by atoms with Crippen molar-refractivity contribution in [1.29, 1.82) is 0 Å². The van der Waals surface area contributed by atoms with Crippen molar-refractivity contribution in [2.45, 2.75) is 52.7 Å². The van der Waals surface area contributed by atoms with Crippen LogP contribution in [0.3, 0.4) is 0 Å². The van der Waals surface area contributed by atoms with Crippen LogP contribution in [0, 0.1) is 17.8 Å². The van der Waals surface area contributed by atoms with Crippen molar-refractivity contribution in [2.24, 2.45) is 23.5 Å². The molecule has 0 aliphatic heterocycles. The minimum atomic E-state index is -2.44. The van der Waals surface area contributed by atoms with Gasteiger partial charge in [-0.25, -0.2) is 14.4 Å². The maximum Gasteiger partial charge on any atom is 0.513 e. The molecule has 11 nitrogen and oxygen atoms in total. The van der Waals surface area contributed by atoms with Crippen LogP contribution in [0.4, 0.5) is 9.59 Å². The molecule has 0 saturated heterocycles. The fraction of sp³-hybridized carbons (Fsp3) is 0.565. The number of carbonyl (C=O) groups is 4. The first-order valence-corrected chi connectivity index (χ1v) is 10.7. The quantitative estimate of drug-likeness (QED) is 0.216. The maximum absolute atomic E-state index is 12.7. The number of rotatable bonds is 10. The number of carboxylic acids is 1. The Labute approximate surface area is 198 Å². The fourth-order valence-corrected chi connectivity index (χ4v) is 3.15. The van der Waals surface area contributed by atoms with E-state index in [1.807, 2.05) is 6.92 Å². The van der Waals surface area contributed by atoms with Crippen molar-refractivity contribution in [3.63, 3.8) is 0 Å². The summed E-state index contributed by atoms with van der Waals surface area (Å²) < 4.78 is 24.4. The molecule has 0 heterocycles. The van der Waals surface area contributed by atoms with Gasteiger partial charge in [-0.15, -0.1) is 0 Å². The number of ether oxygens (including phenoxy) is 5. The molecular weight excluding hydrogens is 450 g/mol. The van der Waals surface area contributed by atoms with E-state index >= 15 is 0 Å². The van der Waals surface area contributed by atoms with Gasteiger partial charge in [0.25, 0.3) is 5.72 Å². The second-order valence-electron chi connectivity index (χ2n) is 8.23. The highest BCUT2D eigenvalue weighted by molar-refractivity contribution is 5.83. The molecule has 0 aromatic heterocycles. The Hall–Kier alpha value is -3.34. The number of hydrogen-bond donors (Lipinski definition) is 2. The average molecular weight is 484 g/mol. The van der Waals surface area contributed by atoms with E-state index in [9.17, 15) is 24.3 Å². The lowest BCUT2D eigenvalue weighted by Crippen LogP contribution is -2.58. The second-order valence-corrected chi connectivity index (χ2v) is 8.23. The molecule has 34 heavy (non-hydrogen) atoms. The number of aliphatic carboxylic acids is 1. The molecule has 0 fully saturated rings. The van der Waals surface area contributed by atoms with E-state index in [0.29, 0.717) is 6.42 Å². The standard InChI is InChI=1S/C23H33NO10/c1-8-13(4)18(23(24,20(26)27)34-19(25)14(5)12(2)3)15-9-10-16(32-21(28)30-6)17(11-15)33-22(29)31-7/h9-14,18H,8,24H2,1-7H3,(H,26,27)/t13-,14-,18?,23-/m0/s1. The van der Waals surface area contributed by atoms with E-state index in [1.54, 1.807) is 27.7 Å². The second kappa shape index (κ2) is 12.2. The molecule has 4 atom stereocenters. The largest absolute Gasteiger partial charge is 0.513 e. The number of nitrogens with two attached hydrogens (primary N) is 1.